The Hall–Kier alpha value is -1.65. The van der Waals surface area contributed by atoms with Crippen LogP contribution in [0.1, 0.15) is 31.3 Å². The number of carboxylic acid groups (broad SMARTS) is 1. The molecule has 0 aliphatic heterocycles. The van der Waals surface area contributed by atoms with Crippen molar-refractivity contribution in [3.05, 3.63) is 41.5 Å². The van der Waals surface area contributed by atoms with Gasteiger partial charge in [0.15, 0.2) is 6.29 Å². The highest BCUT2D eigenvalue weighted by molar-refractivity contribution is 5.85. The Morgan fingerprint density at radius 3 is 2.22 bits per heavy atom. The zero-order valence-corrected chi connectivity index (χ0v) is 10.6. The van der Waals surface area contributed by atoms with Crippen molar-refractivity contribution < 1.29 is 19.4 Å². The second-order valence-corrected chi connectivity index (χ2v) is 3.58. The minimum atomic E-state index is -0.958. The lowest BCUT2D eigenvalue weighted by molar-refractivity contribution is -0.140. The molecule has 98 valence electrons. The number of ether oxygens (including phenoxy) is 2. The number of hydrogen-bond donors (Lipinski definition) is 1. The minimum Gasteiger partial charge on any atom is -0.478 e. The lowest BCUT2D eigenvalue weighted by Gasteiger charge is -2.17. The Morgan fingerprint density at radius 2 is 1.78 bits per heavy atom. The molecule has 0 amide bonds. The topological polar surface area (TPSA) is 55.8 Å². The quantitative estimate of drug-likeness (QED) is 0.597. The number of benzene rings is 1. The van der Waals surface area contributed by atoms with Gasteiger partial charge in [-0.25, -0.2) is 4.79 Å². The predicted molar refractivity (Wildman–Crippen MR) is 69.1 cm³/mol. The van der Waals surface area contributed by atoms with Gasteiger partial charge in [-0.15, -0.1) is 0 Å². The van der Waals surface area contributed by atoms with Crippen LogP contribution in [0.4, 0.5) is 0 Å². The van der Waals surface area contributed by atoms with E-state index in [-0.39, 0.29) is 6.29 Å². The summed E-state index contributed by atoms with van der Waals surface area (Å²) in [4.78, 5) is 10.4. The molecule has 0 bridgehead atoms. The Morgan fingerprint density at radius 1 is 1.22 bits per heavy atom. The van der Waals surface area contributed by atoms with E-state index in [0.29, 0.717) is 13.2 Å². The molecule has 0 radical (unpaired) electrons. The molecule has 4 heteroatoms. The SMILES string of the molecule is CCOC(OCC)c1ccc(/C=C/C(=O)O)cc1. The van der Waals surface area contributed by atoms with Crippen LogP contribution < -0.4 is 0 Å². The zero-order valence-electron chi connectivity index (χ0n) is 10.6. The van der Waals surface area contributed by atoms with Crippen LogP contribution >= 0.6 is 0 Å². The van der Waals surface area contributed by atoms with Crippen molar-refractivity contribution in [1.82, 2.24) is 0 Å². The highest BCUT2D eigenvalue weighted by atomic mass is 16.7. The molecule has 0 unspecified atom stereocenters. The third-order valence-corrected chi connectivity index (χ3v) is 2.26. The van der Waals surface area contributed by atoms with Crippen molar-refractivity contribution in [2.45, 2.75) is 20.1 Å². The summed E-state index contributed by atoms with van der Waals surface area (Å²) in [5.41, 5.74) is 1.75. The van der Waals surface area contributed by atoms with E-state index in [1.807, 2.05) is 38.1 Å². The molecule has 0 atom stereocenters. The largest absolute Gasteiger partial charge is 0.478 e. The monoisotopic (exact) mass is 250 g/mol. The van der Waals surface area contributed by atoms with Crippen LogP contribution in [0.2, 0.25) is 0 Å². The first-order valence-corrected chi connectivity index (χ1v) is 5.91. The Labute approximate surface area is 107 Å². The summed E-state index contributed by atoms with van der Waals surface area (Å²) in [5.74, 6) is -0.958. The third-order valence-electron chi connectivity index (χ3n) is 2.26. The molecular weight excluding hydrogens is 232 g/mol. The maximum atomic E-state index is 10.4. The van der Waals surface area contributed by atoms with Gasteiger partial charge in [-0.2, -0.15) is 0 Å². The van der Waals surface area contributed by atoms with Crippen molar-refractivity contribution in [2.24, 2.45) is 0 Å². The Balaban J connectivity index is 2.76. The zero-order chi connectivity index (χ0) is 13.4. The van der Waals surface area contributed by atoms with Crippen LogP contribution in [0.15, 0.2) is 30.3 Å². The van der Waals surface area contributed by atoms with Gasteiger partial charge in [0, 0.05) is 24.9 Å². The fraction of sp³-hybridized carbons (Fsp3) is 0.357. The standard InChI is InChI=1S/C14H18O4/c1-3-17-14(18-4-2)12-8-5-11(6-9-12)7-10-13(15)16/h5-10,14H,3-4H2,1-2H3,(H,15,16)/b10-7+. The summed E-state index contributed by atoms with van der Waals surface area (Å²) >= 11 is 0. The predicted octanol–water partition coefficient (Wildman–Crippen LogP) is 2.86. The maximum Gasteiger partial charge on any atom is 0.328 e. The highest BCUT2D eigenvalue weighted by Gasteiger charge is 2.10. The van der Waals surface area contributed by atoms with E-state index in [1.54, 1.807) is 6.08 Å². The van der Waals surface area contributed by atoms with E-state index in [4.69, 9.17) is 14.6 Å². The highest BCUT2D eigenvalue weighted by Crippen LogP contribution is 2.19. The molecule has 1 N–H and O–H groups in total. The van der Waals surface area contributed by atoms with Gasteiger partial charge in [0.1, 0.15) is 0 Å². The number of carboxylic acids is 1. The second-order valence-electron chi connectivity index (χ2n) is 3.58. The summed E-state index contributed by atoms with van der Waals surface area (Å²) < 4.78 is 10.9. The third kappa shape index (κ3) is 4.69. The average Bonchev–Trinajstić information content (AvgIpc) is 2.37. The number of carbonyl (C=O) groups is 1. The van der Waals surface area contributed by atoms with E-state index in [1.165, 1.54) is 0 Å². The molecule has 4 nitrogen and oxygen atoms in total. The maximum absolute atomic E-state index is 10.4. The molecule has 0 aliphatic rings. The molecule has 1 aromatic carbocycles. The number of hydrogen-bond acceptors (Lipinski definition) is 3. The summed E-state index contributed by atoms with van der Waals surface area (Å²) in [5, 5.41) is 8.53. The van der Waals surface area contributed by atoms with Crippen molar-refractivity contribution in [3.63, 3.8) is 0 Å². The van der Waals surface area contributed by atoms with Gasteiger partial charge in [-0.3, -0.25) is 0 Å². The van der Waals surface area contributed by atoms with Crippen molar-refractivity contribution >= 4 is 12.0 Å². The van der Waals surface area contributed by atoms with Crippen molar-refractivity contribution in [3.8, 4) is 0 Å². The normalized spacial score (nSPS) is 11.3. The summed E-state index contributed by atoms with van der Waals surface area (Å²) in [6, 6.07) is 7.41. The fourth-order valence-corrected chi connectivity index (χ4v) is 1.48. The summed E-state index contributed by atoms with van der Waals surface area (Å²) in [6.45, 7) is 4.97. The second kappa shape index (κ2) is 7.63. The lowest BCUT2D eigenvalue weighted by Crippen LogP contribution is -2.08. The van der Waals surface area contributed by atoms with E-state index in [9.17, 15) is 4.79 Å². The Kier molecular flexibility index (Phi) is 6.11. The van der Waals surface area contributed by atoms with Gasteiger partial charge in [0.25, 0.3) is 0 Å². The molecule has 0 fully saturated rings. The molecule has 0 saturated heterocycles. The van der Waals surface area contributed by atoms with Crippen LogP contribution in [0.25, 0.3) is 6.08 Å². The molecule has 0 heterocycles. The van der Waals surface area contributed by atoms with E-state index >= 15 is 0 Å². The van der Waals surface area contributed by atoms with Gasteiger partial charge < -0.3 is 14.6 Å². The smallest absolute Gasteiger partial charge is 0.328 e. The lowest BCUT2D eigenvalue weighted by atomic mass is 10.1. The molecule has 0 aromatic heterocycles. The number of aliphatic carboxylic acids is 1. The minimum absolute atomic E-state index is 0.363. The molecule has 1 aromatic rings. The van der Waals surface area contributed by atoms with Gasteiger partial charge in [0.05, 0.1) is 0 Å². The molecule has 0 spiro atoms. The van der Waals surface area contributed by atoms with Gasteiger partial charge in [-0.05, 0) is 25.5 Å². The molecule has 0 aliphatic carbocycles. The van der Waals surface area contributed by atoms with Crippen LogP contribution in [-0.2, 0) is 14.3 Å². The van der Waals surface area contributed by atoms with Crippen LogP contribution in [0.5, 0.6) is 0 Å². The summed E-state index contributed by atoms with van der Waals surface area (Å²) in [7, 11) is 0. The van der Waals surface area contributed by atoms with E-state index < -0.39 is 5.97 Å². The van der Waals surface area contributed by atoms with E-state index in [0.717, 1.165) is 17.2 Å². The van der Waals surface area contributed by atoms with Gasteiger partial charge in [0.2, 0.25) is 0 Å². The molecule has 1 rings (SSSR count). The van der Waals surface area contributed by atoms with E-state index in [2.05, 4.69) is 0 Å². The fourth-order valence-electron chi connectivity index (χ4n) is 1.48. The van der Waals surface area contributed by atoms with Crippen LogP contribution in [-0.4, -0.2) is 24.3 Å². The molecular formula is C14H18O4. The van der Waals surface area contributed by atoms with Crippen LogP contribution in [0.3, 0.4) is 0 Å². The number of rotatable bonds is 7. The van der Waals surface area contributed by atoms with Gasteiger partial charge >= 0.3 is 5.97 Å². The van der Waals surface area contributed by atoms with Gasteiger partial charge in [-0.1, -0.05) is 24.3 Å². The average molecular weight is 250 g/mol. The first-order valence-electron chi connectivity index (χ1n) is 5.91. The van der Waals surface area contributed by atoms with Crippen molar-refractivity contribution in [2.75, 3.05) is 13.2 Å². The Bertz CT molecular complexity index is 389. The first kappa shape index (κ1) is 14.4. The van der Waals surface area contributed by atoms with Crippen molar-refractivity contribution in [1.29, 1.82) is 0 Å². The summed E-state index contributed by atoms with van der Waals surface area (Å²) in [6.07, 6.45) is 2.29. The molecule has 0 saturated carbocycles. The van der Waals surface area contributed by atoms with Crippen LogP contribution in [0, 0.1) is 0 Å². The first-order chi connectivity index (χ1) is 8.67. The molecule has 18 heavy (non-hydrogen) atoms.